The molecule has 2 aromatic heterocycles. The zero-order valence-corrected chi connectivity index (χ0v) is 22.6. The van der Waals surface area contributed by atoms with Crippen molar-refractivity contribution in [2.75, 3.05) is 57.5 Å². The first kappa shape index (κ1) is 26.2. The summed E-state index contributed by atoms with van der Waals surface area (Å²) in [5, 5.41) is 3.68. The Bertz CT molecular complexity index is 1510. The molecule has 2 aromatic carbocycles. The van der Waals surface area contributed by atoms with Gasteiger partial charge in [-0.15, -0.1) is 0 Å². The monoisotopic (exact) mass is 551 g/mol. The van der Waals surface area contributed by atoms with E-state index in [0.717, 1.165) is 27.9 Å². The number of hydrogen-bond donors (Lipinski definition) is 2. The average Bonchev–Trinajstić information content (AvgIpc) is 3.31. The Balaban J connectivity index is 1.18. The molecule has 38 heavy (non-hydrogen) atoms. The standard InChI is InChI=1S/C26H29N7O3S2/c1-36-15-14-32-10-12-33(13-11-32)38(34,35)22-7-5-21(6-8-22)30-26-28-17-20(18-29-26)3-2-19-4-9-23-24(16-19)37-25(27)31-23/h2-9,16-18H,10-15H2,1H3,(H2,27,31)(H,28,29,30). The predicted octanol–water partition coefficient (Wildman–Crippen LogP) is 3.54. The maximum Gasteiger partial charge on any atom is 0.243 e. The van der Waals surface area contributed by atoms with Gasteiger partial charge in [0.25, 0.3) is 0 Å². The first-order valence-electron chi connectivity index (χ1n) is 12.2. The molecule has 0 atom stereocenters. The summed E-state index contributed by atoms with van der Waals surface area (Å²) in [7, 11) is -1.87. The number of methoxy groups -OCH3 is 1. The maximum atomic E-state index is 13.1. The van der Waals surface area contributed by atoms with E-state index in [1.54, 1.807) is 48.1 Å². The number of fused-ring (bicyclic) bond motifs is 1. The number of nitrogens with one attached hydrogen (secondary N) is 1. The molecule has 5 rings (SSSR count). The molecule has 4 aromatic rings. The zero-order valence-electron chi connectivity index (χ0n) is 20.9. The number of thiazole rings is 1. The molecule has 0 spiro atoms. The molecule has 0 unspecified atom stereocenters. The van der Waals surface area contributed by atoms with Crippen molar-refractivity contribution in [3.63, 3.8) is 0 Å². The third kappa shape index (κ3) is 6.17. The third-order valence-corrected chi connectivity index (χ3v) is 9.02. The van der Waals surface area contributed by atoms with E-state index in [9.17, 15) is 8.42 Å². The molecule has 0 saturated carbocycles. The molecule has 0 amide bonds. The molecular weight excluding hydrogens is 522 g/mol. The quantitative estimate of drug-likeness (QED) is 0.321. The van der Waals surface area contributed by atoms with Gasteiger partial charge < -0.3 is 15.8 Å². The van der Waals surface area contributed by atoms with Gasteiger partial charge in [0.2, 0.25) is 16.0 Å². The second-order valence-corrected chi connectivity index (χ2v) is 11.8. The van der Waals surface area contributed by atoms with Gasteiger partial charge in [-0.25, -0.2) is 23.4 Å². The van der Waals surface area contributed by atoms with Crippen LogP contribution in [0.3, 0.4) is 0 Å². The number of anilines is 3. The van der Waals surface area contributed by atoms with E-state index in [0.29, 0.717) is 49.6 Å². The summed E-state index contributed by atoms with van der Waals surface area (Å²) >= 11 is 1.46. The summed E-state index contributed by atoms with van der Waals surface area (Å²) in [5.74, 6) is 0.423. The lowest BCUT2D eigenvalue weighted by Gasteiger charge is -2.33. The van der Waals surface area contributed by atoms with Crippen LogP contribution in [0.5, 0.6) is 0 Å². The fourth-order valence-electron chi connectivity index (χ4n) is 4.15. The van der Waals surface area contributed by atoms with Crippen molar-refractivity contribution in [2.45, 2.75) is 4.90 Å². The van der Waals surface area contributed by atoms with Crippen molar-refractivity contribution in [3.8, 4) is 0 Å². The molecule has 3 heterocycles. The normalized spacial score (nSPS) is 15.4. The van der Waals surface area contributed by atoms with Gasteiger partial charge in [-0.3, -0.25) is 4.90 Å². The molecule has 0 bridgehead atoms. The Hall–Kier alpha value is -3.42. The summed E-state index contributed by atoms with van der Waals surface area (Å²) in [6.45, 7) is 3.78. The van der Waals surface area contributed by atoms with Crippen LogP contribution in [-0.4, -0.2) is 79.0 Å². The molecule has 0 aliphatic carbocycles. The number of sulfonamides is 1. The number of ether oxygens (including phenoxy) is 1. The summed E-state index contributed by atoms with van der Waals surface area (Å²) in [6.07, 6.45) is 7.37. The summed E-state index contributed by atoms with van der Waals surface area (Å²) in [4.78, 5) is 15.5. The molecule has 0 radical (unpaired) electrons. The fourth-order valence-corrected chi connectivity index (χ4v) is 6.35. The SMILES string of the molecule is COCCN1CCN(S(=O)(=O)c2ccc(Nc3ncc(C=Cc4ccc5nc(N)sc5c4)cn3)cc2)CC1. The molecule has 1 saturated heterocycles. The van der Waals surface area contributed by atoms with Crippen molar-refractivity contribution < 1.29 is 13.2 Å². The van der Waals surface area contributed by atoms with Gasteiger partial charge in [0.1, 0.15) is 0 Å². The van der Waals surface area contributed by atoms with Crippen LogP contribution in [0.2, 0.25) is 0 Å². The van der Waals surface area contributed by atoms with Crippen LogP contribution in [0.25, 0.3) is 22.4 Å². The number of aromatic nitrogens is 3. The Morgan fingerprint density at radius 3 is 2.45 bits per heavy atom. The van der Waals surface area contributed by atoms with Crippen molar-refractivity contribution >= 4 is 60.5 Å². The largest absolute Gasteiger partial charge is 0.383 e. The molecule has 1 aliphatic heterocycles. The number of benzene rings is 2. The van der Waals surface area contributed by atoms with E-state index in [-0.39, 0.29) is 4.90 Å². The first-order chi connectivity index (χ1) is 18.4. The lowest BCUT2D eigenvalue weighted by Crippen LogP contribution is -2.49. The lowest BCUT2D eigenvalue weighted by molar-refractivity contribution is 0.123. The van der Waals surface area contributed by atoms with E-state index in [2.05, 4.69) is 25.2 Å². The van der Waals surface area contributed by atoms with Crippen LogP contribution in [-0.2, 0) is 14.8 Å². The Morgan fingerprint density at radius 1 is 1.03 bits per heavy atom. The van der Waals surface area contributed by atoms with E-state index in [4.69, 9.17) is 10.5 Å². The molecule has 3 N–H and O–H groups in total. The second kappa shape index (κ2) is 11.5. The van der Waals surface area contributed by atoms with Crippen LogP contribution in [0.15, 0.2) is 59.8 Å². The van der Waals surface area contributed by atoms with Gasteiger partial charge in [0.05, 0.1) is 21.7 Å². The van der Waals surface area contributed by atoms with Gasteiger partial charge in [-0.05, 0) is 42.0 Å². The highest BCUT2D eigenvalue weighted by Gasteiger charge is 2.28. The highest BCUT2D eigenvalue weighted by atomic mass is 32.2. The van der Waals surface area contributed by atoms with E-state index in [1.165, 1.54) is 11.3 Å². The van der Waals surface area contributed by atoms with Crippen LogP contribution in [0, 0.1) is 0 Å². The number of rotatable bonds is 9. The van der Waals surface area contributed by atoms with Crippen LogP contribution < -0.4 is 11.1 Å². The van der Waals surface area contributed by atoms with Crippen molar-refractivity contribution in [1.82, 2.24) is 24.2 Å². The van der Waals surface area contributed by atoms with E-state index >= 15 is 0 Å². The summed E-state index contributed by atoms with van der Waals surface area (Å²) in [6, 6.07) is 12.7. The van der Waals surface area contributed by atoms with Gasteiger partial charge in [0, 0.05) is 63.5 Å². The van der Waals surface area contributed by atoms with Gasteiger partial charge >= 0.3 is 0 Å². The first-order valence-corrected chi connectivity index (χ1v) is 14.4. The minimum absolute atomic E-state index is 0.272. The van der Waals surface area contributed by atoms with Gasteiger partial charge in [-0.2, -0.15) is 4.31 Å². The number of piperazine rings is 1. The van der Waals surface area contributed by atoms with E-state index in [1.807, 2.05) is 30.4 Å². The molecule has 198 valence electrons. The molecule has 1 fully saturated rings. The second-order valence-electron chi connectivity index (χ2n) is 8.84. The van der Waals surface area contributed by atoms with Crippen molar-refractivity contribution in [1.29, 1.82) is 0 Å². The van der Waals surface area contributed by atoms with Crippen LogP contribution in [0.1, 0.15) is 11.1 Å². The number of nitrogen functional groups attached to an aromatic ring is 1. The predicted molar refractivity (Wildman–Crippen MR) is 152 cm³/mol. The van der Waals surface area contributed by atoms with E-state index < -0.39 is 10.0 Å². The van der Waals surface area contributed by atoms with Gasteiger partial charge in [-0.1, -0.05) is 29.6 Å². The Morgan fingerprint density at radius 2 is 1.74 bits per heavy atom. The number of hydrogen-bond acceptors (Lipinski definition) is 10. The fraction of sp³-hybridized carbons (Fsp3) is 0.269. The zero-order chi connectivity index (χ0) is 26.5. The maximum absolute atomic E-state index is 13.1. The number of nitrogens with zero attached hydrogens (tertiary/aromatic N) is 5. The van der Waals surface area contributed by atoms with Crippen LogP contribution >= 0.6 is 11.3 Å². The molecule has 12 heteroatoms. The Kier molecular flexibility index (Phi) is 7.95. The Labute approximate surface area is 225 Å². The van der Waals surface area contributed by atoms with Crippen LogP contribution in [0.4, 0.5) is 16.8 Å². The third-order valence-electron chi connectivity index (χ3n) is 6.26. The minimum atomic E-state index is -3.54. The minimum Gasteiger partial charge on any atom is -0.383 e. The van der Waals surface area contributed by atoms with Crippen molar-refractivity contribution in [2.24, 2.45) is 0 Å². The lowest BCUT2D eigenvalue weighted by atomic mass is 10.2. The molecule has 1 aliphatic rings. The number of nitrogens with two attached hydrogens (primary N) is 1. The highest BCUT2D eigenvalue weighted by molar-refractivity contribution is 7.89. The van der Waals surface area contributed by atoms with Crippen molar-refractivity contribution in [3.05, 3.63) is 66.0 Å². The molecule has 10 nitrogen and oxygen atoms in total. The summed E-state index contributed by atoms with van der Waals surface area (Å²) in [5.41, 5.74) is 9.26. The molecular formula is C26H29N7O3S2. The topological polar surface area (TPSA) is 127 Å². The summed E-state index contributed by atoms with van der Waals surface area (Å²) < 4.78 is 33.8. The van der Waals surface area contributed by atoms with Gasteiger partial charge in [0.15, 0.2) is 5.13 Å². The smallest absolute Gasteiger partial charge is 0.243 e. The highest BCUT2D eigenvalue weighted by Crippen LogP contribution is 2.25. The average molecular weight is 552 g/mol.